The maximum absolute atomic E-state index is 12.4. The van der Waals surface area contributed by atoms with Gasteiger partial charge >= 0.3 is 0 Å². The Morgan fingerprint density at radius 2 is 1.92 bits per heavy atom. The highest BCUT2D eigenvalue weighted by molar-refractivity contribution is 6.06. The molecule has 24 heavy (non-hydrogen) atoms. The molecule has 0 fully saturated rings. The fourth-order valence-electron chi connectivity index (χ4n) is 2.51. The van der Waals surface area contributed by atoms with Gasteiger partial charge in [0.15, 0.2) is 0 Å². The molecule has 0 aliphatic rings. The number of nitrogens with one attached hydrogen (secondary N) is 1. The zero-order valence-corrected chi connectivity index (χ0v) is 13.7. The molecule has 1 aromatic heterocycles. The molecule has 0 atom stereocenters. The van der Waals surface area contributed by atoms with Crippen molar-refractivity contribution in [1.29, 1.82) is 0 Å². The topological polar surface area (TPSA) is 56.1 Å². The summed E-state index contributed by atoms with van der Waals surface area (Å²) in [6.07, 6.45) is 3.46. The highest BCUT2D eigenvalue weighted by Crippen LogP contribution is 2.19. The number of anilines is 1. The average Bonchev–Trinajstić information content (AvgIpc) is 3.04. The van der Waals surface area contributed by atoms with Crippen molar-refractivity contribution in [1.82, 2.24) is 9.78 Å². The highest BCUT2D eigenvalue weighted by atomic mass is 16.5. The van der Waals surface area contributed by atoms with E-state index in [1.54, 1.807) is 36.2 Å². The van der Waals surface area contributed by atoms with Crippen molar-refractivity contribution in [2.45, 2.75) is 13.5 Å². The summed E-state index contributed by atoms with van der Waals surface area (Å²) in [4.78, 5) is 12.4. The molecule has 122 valence electrons. The van der Waals surface area contributed by atoms with Crippen LogP contribution in [0.3, 0.4) is 0 Å². The van der Waals surface area contributed by atoms with E-state index in [2.05, 4.69) is 29.5 Å². The minimum absolute atomic E-state index is 0.220. The second-order valence-corrected chi connectivity index (χ2v) is 5.51. The first-order valence-electron chi connectivity index (χ1n) is 7.68. The van der Waals surface area contributed by atoms with Crippen LogP contribution in [0.15, 0.2) is 60.9 Å². The third-order valence-electron chi connectivity index (χ3n) is 3.84. The molecule has 1 heterocycles. The van der Waals surface area contributed by atoms with Crippen molar-refractivity contribution in [3.05, 3.63) is 77.6 Å². The number of benzene rings is 2. The molecule has 1 N–H and O–H groups in total. The number of ether oxygens (including phenoxy) is 1. The summed E-state index contributed by atoms with van der Waals surface area (Å²) in [6, 6.07) is 15.3. The van der Waals surface area contributed by atoms with Crippen molar-refractivity contribution in [3.8, 4) is 5.75 Å². The number of carbonyl (C=O) groups is 1. The van der Waals surface area contributed by atoms with Gasteiger partial charge in [0.25, 0.3) is 5.91 Å². The Kier molecular flexibility index (Phi) is 4.61. The first kappa shape index (κ1) is 15.8. The van der Waals surface area contributed by atoms with Crippen LogP contribution < -0.4 is 10.1 Å². The smallest absolute Gasteiger partial charge is 0.259 e. The predicted molar refractivity (Wildman–Crippen MR) is 93.5 cm³/mol. The summed E-state index contributed by atoms with van der Waals surface area (Å²) in [6.45, 7) is 2.74. The first-order chi connectivity index (χ1) is 11.7. The van der Waals surface area contributed by atoms with Gasteiger partial charge < -0.3 is 10.1 Å². The Labute approximate surface area is 140 Å². The number of carbonyl (C=O) groups excluding carboxylic acids is 1. The predicted octanol–water partition coefficient (Wildman–Crippen LogP) is 3.50. The monoisotopic (exact) mass is 321 g/mol. The molecule has 2 aromatic carbocycles. The van der Waals surface area contributed by atoms with E-state index in [-0.39, 0.29) is 5.91 Å². The summed E-state index contributed by atoms with van der Waals surface area (Å²) in [5, 5.41) is 7.16. The fraction of sp³-hybridized carbons (Fsp3) is 0.158. The molecule has 0 aliphatic carbocycles. The van der Waals surface area contributed by atoms with Crippen molar-refractivity contribution >= 4 is 11.6 Å². The van der Waals surface area contributed by atoms with E-state index in [4.69, 9.17) is 4.74 Å². The summed E-state index contributed by atoms with van der Waals surface area (Å²) >= 11 is 0. The van der Waals surface area contributed by atoms with E-state index >= 15 is 0 Å². The van der Waals surface area contributed by atoms with Gasteiger partial charge in [0.2, 0.25) is 0 Å². The fourth-order valence-corrected chi connectivity index (χ4v) is 2.51. The first-order valence-corrected chi connectivity index (χ1v) is 7.68. The molecule has 3 rings (SSSR count). The lowest BCUT2D eigenvalue weighted by atomic mass is 10.1. The van der Waals surface area contributed by atoms with Crippen molar-refractivity contribution < 1.29 is 9.53 Å². The largest absolute Gasteiger partial charge is 0.496 e. The maximum Gasteiger partial charge on any atom is 0.259 e. The number of amides is 1. The van der Waals surface area contributed by atoms with E-state index in [0.29, 0.717) is 23.5 Å². The molecule has 0 radical (unpaired) electrons. The van der Waals surface area contributed by atoms with Crippen LogP contribution in [0, 0.1) is 6.92 Å². The molecule has 5 heteroatoms. The third kappa shape index (κ3) is 3.46. The second-order valence-electron chi connectivity index (χ2n) is 5.51. The second kappa shape index (κ2) is 7.00. The van der Waals surface area contributed by atoms with Gasteiger partial charge in [-0.15, -0.1) is 0 Å². The van der Waals surface area contributed by atoms with E-state index in [0.717, 1.165) is 0 Å². The van der Waals surface area contributed by atoms with Crippen molar-refractivity contribution in [3.63, 3.8) is 0 Å². The number of nitrogens with zero attached hydrogens (tertiary/aromatic N) is 2. The summed E-state index contributed by atoms with van der Waals surface area (Å²) in [5.74, 6) is 0.324. The summed E-state index contributed by atoms with van der Waals surface area (Å²) < 4.78 is 7.03. The van der Waals surface area contributed by atoms with Crippen LogP contribution in [0.1, 0.15) is 21.5 Å². The molecular weight excluding hydrogens is 302 g/mol. The number of methoxy groups -OCH3 is 1. The Morgan fingerprint density at radius 3 is 2.71 bits per heavy atom. The number of aryl methyl sites for hydroxylation is 1. The van der Waals surface area contributed by atoms with E-state index in [1.807, 2.05) is 24.4 Å². The van der Waals surface area contributed by atoms with Gasteiger partial charge in [-0.1, -0.05) is 36.4 Å². The molecular formula is C19H19N3O2. The van der Waals surface area contributed by atoms with Crippen LogP contribution in [0.5, 0.6) is 5.75 Å². The zero-order valence-electron chi connectivity index (χ0n) is 13.7. The van der Waals surface area contributed by atoms with Gasteiger partial charge in [0.1, 0.15) is 5.75 Å². The Bertz CT molecular complexity index is 855. The number of hydrogen-bond acceptors (Lipinski definition) is 3. The quantitative estimate of drug-likeness (QED) is 0.782. The lowest BCUT2D eigenvalue weighted by Gasteiger charge is -2.07. The Morgan fingerprint density at radius 1 is 1.17 bits per heavy atom. The number of hydrogen-bond donors (Lipinski definition) is 1. The standard InChI is InChI=1S/C19H19N3O2/c1-14-7-3-4-8-15(14)12-22-13-16(11-20-22)21-19(23)17-9-5-6-10-18(17)24-2/h3-11,13H,12H2,1-2H3,(H,21,23). The highest BCUT2D eigenvalue weighted by Gasteiger charge is 2.12. The van der Waals surface area contributed by atoms with Crippen LogP contribution in [0.4, 0.5) is 5.69 Å². The average molecular weight is 321 g/mol. The van der Waals surface area contributed by atoms with Crippen LogP contribution in [0.2, 0.25) is 0 Å². The molecule has 0 unspecified atom stereocenters. The van der Waals surface area contributed by atoms with Crippen molar-refractivity contribution in [2.75, 3.05) is 12.4 Å². The summed E-state index contributed by atoms with van der Waals surface area (Å²) in [5.41, 5.74) is 3.56. The molecule has 0 bridgehead atoms. The van der Waals surface area contributed by atoms with E-state index in [9.17, 15) is 4.79 Å². The molecule has 0 spiro atoms. The van der Waals surface area contributed by atoms with E-state index in [1.165, 1.54) is 11.1 Å². The Balaban J connectivity index is 1.72. The Hall–Kier alpha value is -3.08. The van der Waals surface area contributed by atoms with Gasteiger partial charge in [-0.3, -0.25) is 9.48 Å². The van der Waals surface area contributed by atoms with Crippen LogP contribution in [-0.4, -0.2) is 22.8 Å². The minimum Gasteiger partial charge on any atom is -0.496 e. The maximum atomic E-state index is 12.4. The van der Waals surface area contributed by atoms with Gasteiger partial charge in [-0.2, -0.15) is 5.10 Å². The molecule has 5 nitrogen and oxygen atoms in total. The van der Waals surface area contributed by atoms with Crippen LogP contribution in [0.25, 0.3) is 0 Å². The number of aromatic nitrogens is 2. The van der Waals surface area contributed by atoms with Crippen LogP contribution >= 0.6 is 0 Å². The normalized spacial score (nSPS) is 10.4. The molecule has 0 aliphatic heterocycles. The number of rotatable bonds is 5. The number of para-hydroxylation sites is 1. The molecule has 0 saturated carbocycles. The van der Waals surface area contributed by atoms with Gasteiger partial charge in [0, 0.05) is 6.20 Å². The van der Waals surface area contributed by atoms with Gasteiger partial charge in [-0.25, -0.2) is 0 Å². The third-order valence-corrected chi connectivity index (χ3v) is 3.84. The van der Waals surface area contributed by atoms with Gasteiger partial charge in [0.05, 0.1) is 31.1 Å². The van der Waals surface area contributed by atoms with Crippen molar-refractivity contribution in [2.24, 2.45) is 0 Å². The zero-order chi connectivity index (χ0) is 16.9. The van der Waals surface area contributed by atoms with Gasteiger partial charge in [-0.05, 0) is 30.2 Å². The SMILES string of the molecule is COc1ccccc1C(=O)Nc1cnn(Cc2ccccc2C)c1. The molecule has 1 amide bonds. The molecule has 3 aromatic rings. The van der Waals surface area contributed by atoms with E-state index < -0.39 is 0 Å². The lowest BCUT2D eigenvalue weighted by Crippen LogP contribution is -2.12. The lowest BCUT2D eigenvalue weighted by molar-refractivity contribution is 0.102. The minimum atomic E-state index is -0.220. The molecule has 0 saturated heterocycles. The van der Waals surface area contributed by atoms with Crippen LogP contribution in [-0.2, 0) is 6.54 Å². The summed E-state index contributed by atoms with van der Waals surface area (Å²) in [7, 11) is 1.55.